The Bertz CT molecular complexity index is 6030. The average molecular weight is 1270 g/mol. The zero-order chi connectivity index (χ0) is 65.4. The predicted octanol–water partition coefficient (Wildman–Crippen LogP) is 23.1. The van der Waals surface area contributed by atoms with Crippen molar-refractivity contribution < 1.29 is 0 Å². The Balaban J connectivity index is 0.742. The van der Waals surface area contributed by atoms with Crippen molar-refractivity contribution in [2.45, 2.75) is 10.8 Å². The van der Waals surface area contributed by atoms with Gasteiger partial charge < -0.3 is 9.13 Å². The summed E-state index contributed by atoms with van der Waals surface area (Å²) in [5.74, 6) is 1.79. The van der Waals surface area contributed by atoms with Crippen LogP contribution in [0.2, 0.25) is 0 Å². The molecule has 5 nitrogen and oxygen atoms in total. The van der Waals surface area contributed by atoms with Crippen LogP contribution in [-0.2, 0) is 10.8 Å². The van der Waals surface area contributed by atoms with Gasteiger partial charge in [0.1, 0.15) is 0 Å². The first-order valence-electron chi connectivity index (χ1n) is 34.6. The summed E-state index contributed by atoms with van der Waals surface area (Å²) in [6.45, 7) is 0. The van der Waals surface area contributed by atoms with Crippen LogP contribution in [0.5, 0.6) is 0 Å². The quantitative estimate of drug-likeness (QED) is 0.160. The van der Waals surface area contributed by atoms with Crippen LogP contribution < -0.4 is 0 Å². The van der Waals surface area contributed by atoms with E-state index in [4.69, 9.17) is 15.0 Å². The van der Waals surface area contributed by atoms with Crippen LogP contribution in [0.4, 0.5) is 0 Å². The van der Waals surface area contributed by atoms with Gasteiger partial charge in [-0.3, -0.25) is 0 Å². The van der Waals surface area contributed by atoms with Gasteiger partial charge in [-0.1, -0.05) is 279 Å². The molecule has 3 heterocycles. The van der Waals surface area contributed by atoms with Crippen molar-refractivity contribution in [2.75, 3.05) is 0 Å². The van der Waals surface area contributed by atoms with Crippen LogP contribution in [0.25, 0.3) is 156 Å². The molecule has 462 valence electrons. The number of rotatable bonds is 7. The van der Waals surface area contributed by atoms with E-state index in [9.17, 15) is 0 Å². The maximum atomic E-state index is 5.42. The fraction of sp³-hybridized carbons (Fsp3) is 0.0211. The van der Waals surface area contributed by atoms with Gasteiger partial charge in [0, 0.05) is 49.6 Å². The monoisotopic (exact) mass is 1270 g/mol. The highest BCUT2D eigenvalue weighted by atomic mass is 15.0. The molecule has 0 saturated carbocycles. The molecule has 100 heavy (non-hydrogen) atoms. The van der Waals surface area contributed by atoms with E-state index in [0.29, 0.717) is 17.5 Å². The summed E-state index contributed by atoms with van der Waals surface area (Å²) in [5.41, 5.74) is 33.9. The minimum atomic E-state index is -0.449. The van der Waals surface area contributed by atoms with Crippen LogP contribution >= 0.6 is 0 Å². The highest BCUT2D eigenvalue weighted by Gasteiger charge is 2.53. The van der Waals surface area contributed by atoms with Crippen molar-refractivity contribution in [3.05, 3.63) is 390 Å². The molecule has 22 rings (SSSR count). The Morgan fingerprint density at radius 3 is 0.830 bits per heavy atom. The Morgan fingerprint density at radius 1 is 0.180 bits per heavy atom. The van der Waals surface area contributed by atoms with Gasteiger partial charge in [-0.25, -0.2) is 15.0 Å². The van der Waals surface area contributed by atoms with Gasteiger partial charge in [0.05, 0.1) is 32.9 Å². The molecule has 0 N–H and O–H groups in total. The third kappa shape index (κ3) is 7.47. The van der Waals surface area contributed by atoms with Crippen molar-refractivity contribution in [1.82, 2.24) is 24.1 Å². The van der Waals surface area contributed by atoms with E-state index in [1.165, 1.54) is 122 Å². The van der Waals surface area contributed by atoms with Crippen molar-refractivity contribution in [3.8, 4) is 112 Å². The normalized spacial score (nSPS) is 13.6. The molecular formula is C95H57N5. The summed E-state index contributed by atoms with van der Waals surface area (Å²) in [6, 6.07) is 128. The van der Waals surface area contributed by atoms with Gasteiger partial charge in [0.25, 0.3) is 0 Å². The molecule has 5 heteroatoms. The molecule has 3 aromatic heterocycles. The standard InChI is InChI=1S/C95H57N5/c1-3-23-58(24-4-1)91-96-92(59-25-5-2-6-26-59)98-93(97-91)64-51-65(99-87-41-21-13-33-75(87)77-53-60(45-49-89(77)99)62-43-47-73-71-31-11-19-39-83(71)94(85(73)55-62)79-35-15-7-27-67(79)68-28-8-16-36-80(68)94)57-66(52-64)100-88-42-22-14-34-76(88)78-54-61(46-50-90(78)100)63-44-48-74-72-32-12-20-40-84(72)95(86(74)56-63)81-37-17-9-29-69(81)70-30-10-18-38-82(70)95/h1-57H. The topological polar surface area (TPSA) is 48.5 Å². The van der Waals surface area contributed by atoms with E-state index >= 15 is 0 Å². The van der Waals surface area contributed by atoms with E-state index in [1.54, 1.807) is 0 Å². The molecule has 0 aliphatic heterocycles. The summed E-state index contributed by atoms with van der Waals surface area (Å²) < 4.78 is 4.90. The maximum absolute atomic E-state index is 5.42. The number of nitrogens with zero attached hydrogens (tertiary/aromatic N) is 5. The van der Waals surface area contributed by atoms with Crippen LogP contribution in [0, 0.1) is 0 Å². The number of hydrogen-bond donors (Lipinski definition) is 0. The van der Waals surface area contributed by atoms with E-state index < -0.39 is 10.8 Å². The molecular weight excluding hydrogens is 1210 g/mol. The summed E-state index contributed by atoms with van der Waals surface area (Å²) in [6.07, 6.45) is 0. The molecule has 4 aliphatic rings. The lowest BCUT2D eigenvalue weighted by Crippen LogP contribution is -2.25. The van der Waals surface area contributed by atoms with Crippen molar-refractivity contribution >= 4 is 43.6 Å². The first kappa shape index (κ1) is 55.1. The molecule has 0 fully saturated rings. The van der Waals surface area contributed by atoms with Gasteiger partial charge in [0.15, 0.2) is 17.5 Å². The van der Waals surface area contributed by atoms with Gasteiger partial charge in [-0.2, -0.15) is 0 Å². The van der Waals surface area contributed by atoms with E-state index in [0.717, 1.165) is 61.3 Å². The molecule has 0 saturated heterocycles. The molecule has 2 spiro atoms. The van der Waals surface area contributed by atoms with Crippen LogP contribution in [0.15, 0.2) is 346 Å². The number of benzene rings is 15. The Labute approximate surface area is 577 Å². The third-order valence-electron chi connectivity index (χ3n) is 22.4. The minimum Gasteiger partial charge on any atom is -0.309 e. The molecule has 0 unspecified atom stereocenters. The molecule has 0 amide bonds. The van der Waals surface area contributed by atoms with Crippen LogP contribution in [0.3, 0.4) is 0 Å². The number of fused-ring (bicyclic) bond motifs is 26. The Morgan fingerprint density at radius 2 is 0.460 bits per heavy atom. The van der Waals surface area contributed by atoms with Gasteiger partial charge in [-0.05, 0) is 178 Å². The van der Waals surface area contributed by atoms with Gasteiger partial charge in [0.2, 0.25) is 0 Å². The number of para-hydroxylation sites is 2. The van der Waals surface area contributed by atoms with E-state index in [1.807, 2.05) is 36.4 Å². The van der Waals surface area contributed by atoms with Crippen molar-refractivity contribution in [1.29, 1.82) is 0 Å². The second-order valence-electron chi connectivity index (χ2n) is 27.2. The van der Waals surface area contributed by atoms with Gasteiger partial charge in [-0.15, -0.1) is 0 Å². The van der Waals surface area contributed by atoms with E-state index in [2.05, 4.69) is 319 Å². The number of hydrogen-bond acceptors (Lipinski definition) is 3. The maximum Gasteiger partial charge on any atom is 0.164 e. The fourth-order valence-corrected chi connectivity index (χ4v) is 18.3. The molecule has 18 aromatic rings. The summed E-state index contributed by atoms with van der Waals surface area (Å²) >= 11 is 0. The smallest absolute Gasteiger partial charge is 0.164 e. The third-order valence-corrected chi connectivity index (χ3v) is 22.4. The number of aromatic nitrogens is 5. The average Bonchev–Trinajstić information content (AvgIpc) is 1.52. The first-order chi connectivity index (χ1) is 49.6. The summed E-state index contributed by atoms with van der Waals surface area (Å²) in [4.78, 5) is 16.0. The fourth-order valence-electron chi connectivity index (χ4n) is 18.3. The van der Waals surface area contributed by atoms with E-state index in [-0.39, 0.29) is 0 Å². The van der Waals surface area contributed by atoms with Crippen molar-refractivity contribution in [3.63, 3.8) is 0 Å². The highest BCUT2D eigenvalue weighted by molar-refractivity contribution is 6.13. The SMILES string of the molecule is c1ccc(-c2nc(-c3ccccc3)nc(-c3cc(-n4c5ccccc5c5cc(-c6ccc7c(c6)C6(c8ccccc8-c8ccccc86)c6ccccc6-7)ccc54)cc(-n4c5ccccc5c5cc(-c6ccc7c(c6)C6(c8ccccc8-c8ccccc86)c6ccccc6-7)ccc54)c3)n2)cc1. The molecule has 0 bridgehead atoms. The van der Waals surface area contributed by atoms with Crippen molar-refractivity contribution in [2.24, 2.45) is 0 Å². The predicted molar refractivity (Wildman–Crippen MR) is 408 cm³/mol. The second-order valence-corrected chi connectivity index (χ2v) is 27.2. The van der Waals surface area contributed by atoms with Crippen LogP contribution in [-0.4, -0.2) is 24.1 Å². The first-order valence-corrected chi connectivity index (χ1v) is 34.6. The second kappa shape index (κ2) is 20.7. The molecule has 15 aromatic carbocycles. The summed E-state index contributed by atoms with van der Waals surface area (Å²) in [5, 5.41) is 4.67. The van der Waals surface area contributed by atoms with Crippen LogP contribution in [0.1, 0.15) is 44.5 Å². The highest BCUT2D eigenvalue weighted by Crippen LogP contribution is 2.65. The molecule has 4 aliphatic carbocycles. The largest absolute Gasteiger partial charge is 0.309 e. The lowest BCUT2D eigenvalue weighted by molar-refractivity contribution is 0.794. The lowest BCUT2D eigenvalue weighted by Gasteiger charge is -2.30. The lowest BCUT2D eigenvalue weighted by atomic mass is 9.70. The Kier molecular flexibility index (Phi) is 11.4. The summed E-state index contributed by atoms with van der Waals surface area (Å²) in [7, 11) is 0. The molecule has 0 radical (unpaired) electrons. The molecule has 0 atom stereocenters. The minimum absolute atomic E-state index is 0.449. The zero-order valence-electron chi connectivity index (χ0n) is 54.1. The van der Waals surface area contributed by atoms with Gasteiger partial charge >= 0.3 is 0 Å². The Hall–Kier alpha value is -13.1. The zero-order valence-corrected chi connectivity index (χ0v) is 54.1.